The van der Waals surface area contributed by atoms with E-state index < -0.39 is 17.9 Å². The normalized spacial score (nSPS) is 11.4. The fraction of sp³-hybridized carbons (Fsp3) is 0.250. The molecule has 7 heteroatoms. The van der Waals surface area contributed by atoms with Crippen LogP contribution in [0.2, 0.25) is 5.02 Å². The van der Waals surface area contributed by atoms with Crippen LogP contribution >= 0.6 is 11.6 Å². The molecule has 0 bridgehead atoms. The van der Waals surface area contributed by atoms with Crippen LogP contribution < -0.4 is 10.1 Å². The highest BCUT2D eigenvalue weighted by molar-refractivity contribution is 6.33. The maximum atomic E-state index is 12.2. The number of ether oxygens (including phenoxy) is 2. The summed E-state index contributed by atoms with van der Waals surface area (Å²) in [5.41, 5.74) is 1.32. The summed E-state index contributed by atoms with van der Waals surface area (Å²) >= 11 is 5.98. The van der Waals surface area contributed by atoms with Crippen LogP contribution in [0.5, 0.6) is 5.75 Å². The Balaban J connectivity index is 2.01. The summed E-state index contributed by atoms with van der Waals surface area (Å²) in [6, 6.07) is 10.6. The Morgan fingerprint density at radius 2 is 1.85 bits per heavy atom. The Kier molecular flexibility index (Phi) is 6.96. The number of hydrogen-bond donors (Lipinski definition) is 1. The van der Waals surface area contributed by atoms with Gasteiger partial charge < -0.3 is 14.8 Å². The molecule has 0 unspecified atom stereocenters. The van der Waals surface area contributed by atoms with Gasteiger partial charge in [0.15, 0.2) is 5.78 Å². The van der Waals surface area contributed by atoms with E-state index in [0.29, 0.717) is 21.9 Å². The van der Waals surface area contributed by atoms with Crippen LogP contribution in [0.4, 0.5) is 0 Å². The van der Waals surface area contributed by atoms with Crippen LogP contribution in [0.25, 0.3) is 0 Å². The zero-order chi connectivity index (χ0) is 20.0. The van der Waals surface area contributed by atoms with Gasteiger partial charge in [0, 0.05) is 11.1 Å². The van der Waals surface area contributed by atoms with Crippen LogP contribution in [0, 0.1) is 0 Å². The molecule has 0 heterocycles. The molecule has 0 radical (unpaired) electrons. The molecule has 0 spiro atoms. The van der Waals surface area contributed by atoms with E-state index in [-0.39, 0.29) is 18.0 Å². The number of rotatable bonds is 7. The lowest BCUT2D eigenvalue weighted by Crippen LogP contribution is -2.39. The molecular formula is C20H20ClNO5. The molecule has 2 rings (SSSR count). The minimum atomic E-state index is -0.879. The van der Waals surface area contributed by atoms with E-state index >= 15 is 0 Å². The summed E-state index contributed by atoms with van der Waals surface area (Å²) in [6.07, 6.45) is 0. The average molecular weight is 390 g/mol. The molecule has 142 valence electrons. The van der Waals surface area contributed by atoms with Crippen molar-refractivity contribution < 1.29 is 23.9 Å². The molecule has 6 nitrogen and oxygen atoms in total. The van der Waals surface area contributed by atoms with Crippen LogP contribution in [-0.4, -0.2) is 30.8 Å². The highest BCUT2D eigenvalue weighted by Gasteiger charge is 2.20. The molecule has 0 aliphatic heterocycles. The van der Waals surface area contributed by atoms with E-state index in [4.69, 9.17) is 21.1 Å². The van der Waals surface area contributed by atoms with Crippen molar-refractivity contribution in [1.82, 2.24) is 5.32 Å². The van der Waals surface area contributed by atoms with E-state index in [1.165, 1.54) is 21.0 Å². The first-order valence-electron chi connectivity index (χ1n) is 8.23. The summed E-state index contributed by atoms with van der Waals surface area (Å²) in [5, 5.41) is 2.84. The summed E-state index contributed by atoms with van der Waals surface area (Å²) in [5.74, 6) is -0.696. The van der Waals surface area contributed by atoms with E-state index in [0.717, 1.165) is 0 Å². The van der Waals surface area contributed by atoms with Crippen molar-refractivity contribution in [3.05, 3.63) is 64.2 Å². The van der Waals surface area contributed by atoms with Gasteiger partial charge in [-0.2, -0.15) is 0 Å². The Hall–Kier alpha value is -2.86. The van der Waals surface area contributed by atoms with Gasteiger partial charge in [0.25, 0.3) is 5.91 Å². The predicted octanol–water partition coefficient (Wildman–Crippen LogP) is 3.41. The Morgan fingerprint density at radius 1 is 1.15 bits per heavy atom. The van der Waals surface area contributed by atoms with Gasteiger partial charge in [-0.25, -0.2) is 4.79 Å². The van der Waals surface area contributed by atoms with Crippen molar-refractivity contribution in [2.24, 2.45) is 0 Å². The zero-order valence-electron chi connectivity index (χ0n) is 15.2. The minimum Gasteiger partial charge on any atom is -0.496 e. The third-order valence-corrected chi connectivity index (χ3v) is 4.21. The predicted molar refractivity (Wildman–Crippen MR) is 101 cm³/mol. The first kappa shape index (κ1) is 20.5. The third kappa shape index (κ3) is 5.31. The minimum absolute atomic E-state index is 0.0879. The van der Waals surface area contributed by atoms with Crippen LogP contribution in [0.1, 0.15) is 40.1 Å². The van der Waals surface area contributed by atoms with Gasteiger partial charge >= 0.3 is 5.97 Å². The van der Waals surface area contributed by atoms with Crippen LogP contribution in [0.15, 0.2) is 42.5 Å². The monoisotopic (exact) mass is 389 g/mol. The lowest BCUT2D eigenvalue weighted by molar-refractivity contribution is -0.146. The number of halogens is 1. The number of carbonyl (C=O) groups is 3. The number of carbonyl (C=O) groups excluding carboxylic acids is 3. The Labute approximate surface area is 162 Å². The average Bonchev–Trinajstić information content (AvgIpc) is 2.65. The van der Waals surface area contributed by atoms with Crippen molar-refractivity contribution in [3.8, 4) is 5.75 Å². The number of hydrogen-bond acceptors (Lipinski definition) is 5. The first-order valence-corrected chi connectivity index (χ1v) is 8.61. The van der Waals surface area contributed by atoms with Crippen LogP contribution in [0.3, 0.4) is 0 Å². The second kappa shape index (κ2) is 9.19. The fourth-order valence-electron chi connectivity index (χ4n) is 2.36. The second-order valence-electron chi connectivity index (χ2n) is 5.87. The lowest BCUT2D eigenvalue weighted by Gasteiger charge is -2.15. The first-order chi connectivity index (χ1) is 12.8. The smallest absolute Gasteiger partial charge is 0.328 e. The van der Waals surface area contributed by atoms with Gasteiger partial charge in [-0.3, -0.25) is 9.59 Å². The quantitative estimate of drug-likeness (QED) is 0.579. The van der Waals surface area contributed by atoms with Gasteiger partial charge in [-0.1, -0.05) is 23.7 Å². The Morgan fingerprint density at radius 3 is 2.48 bits per heavy atom. The van der Waals surface area contributed by atoms with E-state index in [1.807, 2.05) is 0 Å². The van der Waals surface area contributed by atoms with E-state index in [9.17, 15) is 14.4 Å². The maximum absolute atomic E-state index is 12.2. The third-order valence-electron chi connectivity index (χ3n) is 3.88. The molecule has 0 saturated heterocycles. The van der Waals surface area contributed by atoms with Crippen molar-refractivity contribution >= 4 is 29.3 Å². The van der Waals surface area contributed by atoms with Gasteiger partial charge in [-0.05, 0) is 44.2 Å². The SMILES string of the molecule is COc1ccc(C(C)=O)cc1COC(=O)[C@H](C)NC(=O)c1ccccc1Cl. The molecule has 0 aliphatic rings. The number of esters is 1. The standard InChI is InChI=1S/C20H20ClNO5/c1-12(22-19(24)16-6-4-5-7-17(16)21)20(25)27-11-15-10-14(13(2)23)8-9-18(15)26-3/h4-10,12H,11H2,1-3H3,(H,22,24)/t12-/m0/s1. The molecule has 0 fully saturated rings. The molecule has 0 saturated carbocycles. The molecule has 0 aromatic heterocycles. The summed E-state index contributed by atoms with van der Waals surface area (Å²) in [6.45, 7) is 2.87. The van der Waals surface area contributed by atoms with Crippen molar-refractivity contribution in [2.45, 2.75) is 26.5 Å². The van der Waals surface area contributed by atoms with Gasteiger partial charge in [0.2, 0.25) is 0 Å². The Bertz CT molecular complexity index is 865. The van der Waals surface area contributed by atoms with Gasteiger partial charge in [0.05, 0.1) is 17.7 Å². The number of nitrogens with one attached hydrogen (secondary N) is 1. The molecule has 1 amide bonds. The number of Topliss-reactive ketones (excluding diaryl/α,β-unsaturated/α-hetero) is 1. The molecule has 2 aromatic carbocycles. The van der Waals surface area contributed by atoms with Crippen molar-refractivity contribution in [2.75, 3.05) is 7.11 Å². The van der Waals surface area contributed by atoms with E-state index in [2.05, 4.69) is 5.32 Å². The number of amides is 1. The van der Waals surface area contributed by atoms with E-state index in [1.54, 1.807) is 42.5 Å². The van der Waals surface area contributed by atoms with Crippen LogP contribution in [-0.2, 0) is 16.1 Å². The molecular weight excluding hydrogens is 370 g/mol. The summed E-state index contributed by atoms with van der Waals surface area (Å²) in [4.78, 5) is 35.9. The number of ketones is 1. The van der Waals surface area contributed by atoms with Crippen molar-refractivity contribution in [3.63, 3.8) is 0 Å². The highest BCUT2D eigenvalue weighted by Crippen LogP contribution is 2.21. The van der Waals surface area contributed by atoms with Gasteiger partial charge in [0.1, 0.15) is 18.4 Å². The molecule has 27 heavy (non-hydrogen) atoms. The zero-order valence-corrected chi connectivity index (χ0v) is 16.0. The lowest BCUT2D eigenvalue weighted by atomic mass is 10.1. The molecule has 0 aliphatic carbocycles. The summed E-state index contributed by atoms with van der Waals surface area (Å²) in [7, 11) is 1.49. The molecule has 1 N–H and O–H groups in total. The molecule has 2 aromatic rings. The second-order valence-corrected chi connectivity index (χ2v) is 6.27. The van der Waals surface area contributed by atoms with Crippen molar-refractivity contribution in [1.29, 1.82) is 0 Å². The summed E-state index contributed by atoms with van der Waals surface area (Å²) < 4.78 is 10.5. The fourth-order valence-corrected chi connectivity index (χ4v) is 2.58. The van der Waals surface area contributed by atoms with Gasteiger partial charge in [-0.15, -0.1) is 0 Å². The number of methoxy groups -OCH3 is 1. The molecule has 1 atom stereocenters. The largest absolute Gasteiger partial charge is 0.496 e. The number of benzene rings is 2. The highest BCUT2D eigenvalue weighted by atomic mass is 35.5. The maximum Gasteiger partial charge on any atom is 0.328 e. The topological polar surface area (TPSA) is 81.7 Å².